The number of ether oxygens (including phenoxy) is 2. The molecule has 2 N–H and O–H groups in total. The number of hydrogen-bond donors (Lipinski definition) is 1. The molecule has 0 aromatic carbocycles. The van der Waals surface area contributed by atoms with Crippen LogP contribution in [-0.4, -0.2) is 25.3 Å². The van der Waals surface area contributed by atoms with Crippen molar-refractivity contribution >= 4 is 0 Å². The Balaban J connectivity index is 2.19. The zero-order valence-corrected chi connectivity index (χ0v) is 8.85. The molecule has 2 unspecified atom stereocenters. The molecule has 0 aliphatic carbocycles. The highest BCUT2D eigenvalue weighted by Crippen LogP contribution is 2.30. The molecule has 2 heterocycles. The molecule has 1 fully saturated rings. The molecule has 0 spiro atoms. The Kier molecular flexibility index (Phi) is 3.18. The van der Waals surface area contributed by atoms with Gasteiger partial charge >= 0.3 is 0 Å². The van der Waals surface area contributed by atoms with Gasteiger partial charge in [-0.15, -0.1) is 0 Å². The second kappa shape index (κ2) is 4.59. The maximum absolute atomic E-state index is 6.15. The molecule has 1 saturated heterocycles. The van der Waals surface area contributed by atoms with Gasteiger partial charge in [-0.3, -0.25) is 4.98 Å². The van der Waals surface area contributed by atoms with E-state index < -0.39 is 0 Å². The van der Waals surface area contributed by atoms with Crippen LogP contribution in [0.15, 0.2) is 18.3 Å². The van der Waals surface area contributed by atoms with Crippen LogP contribution >= 0.6 is 0 Å². The fraction of sp³-hybridized carbons (Fsp3) is 0.545. The van der Waals surface area contributed by atoms with Gasteiger partial charge in [0.15, 0.2) is 0 Å². The van der Waals surface area contributed by atoms with Gasteiger partial charge in [-0.25, -0.2) is 0 Å². The highest BCUT2D eigenvalue weighted by atomic mass is 16.5. The van der Waals surface area contributed by atoms with Gasteiger partial charge in [-0.1, -0.05) is 0 Å². The molecule has 1 aromatic rings. The van der Waals surface area contributed by atoms with Crippen LogP contribution in [0, 0.1) is 5.92 Å². The first-order valence-electron chi connectivity index (χ1n) is 5.15. The molecule has 0 radical (unpaired) electrons. The zero-order chi connectivity index (χ0) is 10.7. The molecule has 0 saturated carbocycles. The molecule has 4 nitrogen and oxygen atoms in total. The molecule has 1 aliphatic rings. The molecule has 1 aromatic heterocycles. The number of pyridine rings is 1. The highest BCUT2D eigenvalue weighted by molar-refractivity contribution is 5.29. The van der Waals surface area contributed by atoms with E-state index in [2.05, 4.69) is 4.98 Å². The van der Waals surface area contributed by atoms with E-state index in [0.717, 1.165) is 31.1 Å². The Morgan fingerprint density at radius 2 is 2.53 bits per heavy atom. The summed E-state index contributed by atoms with van der Waals surface area (Å²) in [5.74, 6) is 1.12. The van der Waals surface area contributed by atoms with Crippen molar-refractivity contribution in [2.45, 2.75) is 12.5 Å². The first-order valence-corrected chi connectivity index (χ1v) is 5.15. The Hall–Kier alpha value is -1.13. The molecule has 0 amide bonds. The maximum Gasteiger partial charge on any atom is 0.141 e. The van der Waals surface area contributed by atoms with Crippen LogP contribution in [0.2, 0.25) is 0 Å². The van der Waals surface area contributed by atoms with E-state index in [1.165, 1.54) is 0 Å². The average molecular weight is 208 g/mol. The fourth-order valence-electron chi connectivity index (χ4n) is 1.88. The summed E-state index contributed by atoms with van der Waals surface area (Å²) in [5.41, 5.74) is 6.98. The highest BCUT2D eigenvalue weighted by Gasteiger charge is 2.26. The number of hydrogen-bond acceptors (Lipinski definition) is 4. The van der Waals surface area contributed by atoms with Crippen molar-refractivity contribution in [2.24, 2.45) is 11.7 Å². The summed E-state index contributed by atoms with van der Waals surface area (Å²) < 4.78 is 10.6. The van der Waals surface area contributed by atoms with Crippen molar-refractivity contribution in [2.75, 3.05) is 20.3 Å². The quantitative estimate of drug-likeness (QED) is 0.809. The lowest BCUT2D eigenvalue weighted by Crippen LogP contribution is -2.23. The number of nitrogens with two attached hydrogens (primary N) is 1. The summed E-state index contributed by atoms with van der Waals surface area (Å²) >= 11 is 0. The zero-order valence-electron chi connectivity index (χ0n) is 8.85. The topological polar surface area (TPSA) is 57.4 Å². The third kappa shape index (κ3) is 2.11. The number of nitrogens with zero attached hydrogens (tertiary/aromatic N) is 1. The van der Waals surface area contributed by atoms with Gasteiger partial charge in [0.2, 0.25) is 0 Å². The van der Waals surface area contributed by atoms with Crippen LogP contribution in [0.4, 0.5) is 0 Å². The van der Waals surface area contributed by atoms with Crippen LogP contribution in [0.3, 0.4) is 0 Å². The Bertz CT molecular complexity index is 324. The molecule has 2 atom stereocenters. The molecule has 0 bridgehead atoms. The molecule has 15 heavy (non-hydrogen) atoms. The van der Waals surface area contributed by atoms with Gasteiger partial charge in [-0.2, -0.15) is 0 Å². The van der Waals surface area contributed by atoms with Crippen molar-refractivity contribution in [1.82, 2.24) is 4.98 Å². The van der Waals surface area contributed by atoms with E-state index >= 15 is 0 Å². The van der Waals surface area contributed by atoms with Crippen molar-refractivity contribution in [3.8, 4) is 5.75 Å². The minimum Gasteiger partial charge on any atom is -0.495 e. The van der Waals surface area contributed by atoms with Crippen molar-refractivity contribution in [1.29, 1.82) is 0 Å². The Morgan fingerprint density at radius 3 is 3.20 bits per heavy atom. The molecule has 2 rings (SSSR count). The normalized spacial score (nSPS) is 22.7. The van der Waals surface area contributed by atoms with Crippen LogP contribution in [0.5, 0.6) is 5.75 Å². The SMILES string of the molecule is COc1cccnc1C(N)C1CCOC1. The van der Waals surface area contributed by atoms with Crippen LogP contribution < -0.4 is 10.5 Å². The molecule has 4 heteroatoms. The van der Waals surface area contributed by atoms with Crippen molar-refractivity contribution in [3.05, 3.63) is 24.0 Å². The fourth-order valence-corrected chi connectivity index (χ4v) is 1.88. The van der Waals surface area contributed by atoms with Gasteiger partial charge in [0, 0.05) is 18.7 Å². The summed E-state index contributed by atoms with van der Waals surface area (Å²) in [5, 5.41) is 0. The van der Waals surface area contributed by atoms with E-state index in [-0.39, 0.29) is 6.04 Å². The maximum atomic E-state index is 6.15. The van der Waals surface area contributed by atoms with Crippen LogP contribution in [-0.2, 0) is 4.74 Å². The van der Waals surface area contributed by atoms with E-state index in [4.69, 9.17) is 15.2 Å². The Labute approximate surface area is 89.4 Å². The van der Waals surface area contributed by atoms with Gasteiger partial charge in [-0.05, 0) is 18.6 Å². The summed E-state index contributed by atoms with van der Waals surface area (Å²) in [6, 6.07) is 3.64. The summed E-state index contributed by atoms with van der Waals surface area (Å²) in [4.78, 5) is 4.29. The minimum absolute atomic E-state index is 0.0938. The number of rotatable bonds is 3. The lowest BCUT2D eigenvalue weighted by molar-refractivity contribution is 0.180. The van der Waals surface area contributed by atoms with Gasteiger partial charge in [0.25, 0.3) is 0 Å². The summed E-state index contributed by atoms with van der Waals surface area (Å²) in [6.45, 7) is 1.52. The third-order valence-electron chi connectivity index (χ3n) is 2.81. The first-order chi connectivity index (χ1) is 7.33. The second-order valence-electron chi connectivity index (χ2n) is 3.74. The summed E-state index contributed by atoms with van der Waals surface area (Å²) in [7, 11) is 1.64. The van der Waals surface area contributed by atoms with Crippen LogP contribution in [0.1, 0.15) is 18.2 Å². The molecule has 1 aliphatic heterocycles. The van der Waals surface area contributed by atoms with E-state index in [9.17, 15) is 0 Å². The monoisotopic (exact) mass is 208 g/mol. The van der Waals surface area contributed by atoms with E-state index in [0.29, 0.717) is 5.92 Å². The van der Waals surface area contributed by atoms with E-state index in [1.807, 2.05) is 12.1 Å². The molecule has 82 valence electrons. The predicted molar refractivity (Wildman–Crippen MR) is 56.6 cm³/mol. The molecular weight excluding hydrogens is 192 g/mol. The number of methoxy groups -OCH3 is 1. The van der Waals surface area contributed by atoms with E-state index in [1.54, 1.807) is 13.3 Å². The predicted octanol–water partition coefficient (Wildman–Crippen LogP) is 1.13. The number of aromatic nitrogens is 1. The van der Waals surface area contributed by atoms with Crippen molar-refractivity contribution < 1.29 is 9.47 Å². The lowest BCUT2D eigenvalue weighted by Gasteiger charge is -2.18. The minimum atomic E-state index is -0.0938. The Morgan fingerprint density at radius 1 is 1.67 bits per heavy atom. The first kappa shape index (κ1) is 10.4. The summed E-state index contributed by atoms with van der Waals surface area (Å²) in [6.07, 6.45) is 2.74. The van der Waals surface area contributed by atoms with Gasteiger partial charge in [0.1, 0.15) is 5.75 Å². The third-order valence-corrected chi connectivity index (χ3v) is 2.81. The second-order valence-corrected chi connectivity index (χ2v) is 3.74. The largest absolute Gasteiger partial charge is 0.495 e. The van der Waals surface area contributed by atoms with Crippen LogP contribution in [0.25, 0.3) is 0 Å². The smallest absolute Gasteiger partial charge is 0.141 e. The lowest BCUT2D eigenvalue weighted by atomic mass is 9.96. The van der Waals surface area contributed by atoms with Gasteiger partial charge in [0.05, 0.1) is 25.5 Å². The van der Waals surface area contributed by atoms with Crippen molar-refractivity contribution in [3.63, 3.8) is 0 Å². The molecular formula is C11H16N2O2. The average Bonchev–Trinajstić information content (AvgIpc) is 2.81. The standard InChI is InChI=1S/C11H16N2O2/c1-14-9-3-2-5-13-11(9)10(12)8-4-6-15-7-8/h2-3,5,8,10H,4,6-7,12H2,1H3. The van der Waals surface area contributed by atoms with Gasteiger partial charge < -0.3 is 15.2 Å².